The fraction of sp³-hybridized carbons (Fsp3) is 0.571. The largest absolute Gasteiger partial charge is 0.331 e. The highest BCUT2D eigenvalue weighted by Gasteiger charge is 2.23. The van der Waals surface area contributed by atoms with Crippen molar-refractivity contribution in [1.82, 2.24) is 10.1 Å². The molecule has 1 heterocycles. The summed E-state index contributed by atoms with van der Waals surface area (Å²) >= 11 is 0. The van der Waals surface area contributed by atoms with E-state index in [0.29, 0.717) is 12.1 Å². The summed E-state index contributed by atoms with van der Waals surface area (Å²) < 4.78 is 4.61. The summed E-state index contributed by atoms with van der Waals surface area (Å²) in [7, 11) is 0. The summed E-state index contributed by atoms with van der Waals surface area (Å²) in [5.74, 6) is 1.47. The molecule has 0 saturated heterocycles. The standard InChI is InChI=1S/C7H8N2O2/c10-4-7-8-6(9-11-7)3-5-1-2-5/h4-5H,1-3H2. The Morgan fingerprint density at radius 2 is 2.45 bits per heavy atom. The third kappa shape index (κ3) is 1.45. The van der Waals surface area contributed by atoms with E-state index in [4.69, 9.17) is 0 Å². The van der Waals surface area contributed by atoms with E-state index < -0.39 is 0 Å². The van der Waals surface area contributed by atoms with Gasteiger partial charge >= 0.3 is 0 Å². The van der Waals surface area contributed by atoms with E-state index in [2.05, 4.69) is 14.7 Å². The lowest BCUT2D eigenvalue weighted by Gasteiger charge is -1.84. The molecule has 4 heteroatoms. The molecule has 0 bridgehead atoms. The van der Waals surface area contributed by atoms with E-state index in [1.54, 1.807) is 0 Å². The molecular weight excluding hydrogens is 144 g/mol. The minimum absolute atomic E-state index is 0.0839. The molecule has 58 valence electrons. The van der Waals surface area contributed by atoms with E-state index >= 15 is 0 Å². The van der Waals surface area contributed by atoms with Crippen molar-refractivity contribution in [3.63, 3.8) is 0 Å². The molecule has 0 spiro atoms. The average Bonchev–Trinajstić information content (AvgIpc) is 2.68. The van der Waals surface area contributed by atoms with Gasteiger partial charge in [0.05, 0.1) is 0 Å². The van der Waals surface area contributed by atoms with Crippen molar-refractivity contribution in [3.8, 4) is 0 Å². The first kappa shape index (κ1) is 6.52. The average molecular weight is 152 g/mol. The molecule has 1 saturated carbocycles. The second-order valence-electron chi connectivity index (χ2n) is 2.81. The van der Waals surface area contributed by atoms with Crippen LogP contribution in [0.25, 0.3) is 0 Å². The Labute approximate surface area is 63.6 Å². The molecule has 0 N–H and O–H groups in total. The molecule has 1 aromatic rings. The molecule has 0 atom stereocenters. The fourth-order valence-electron chi connectivity index (χ4n) is 0.978. The normalized spacial score (nSPS) is 16.7. The van der Waals surface area contributed by atoms with Crippen LogP contribution in [0.3, 0.4) is 0 Å². The molecular formula is C7H8N2O2. The quantitative estimate of drug-likeness (QED) is 0.602. The Balaban J connectivity index is 2.05. The van der Waals surface area contributed by atoms with E-state index in [1.165, 1.54) is 12.8 Å². The van der Waals surface area contributed by atoms with E-state index in [0.717, 1.165) is 12.3 Å². The molecule has 0 aromatic carbocycles. The number of nitrogens with zero attached hydrogens (tertiary/aromatic N) is 2. The molecule has 0 aliphatic heterocycles. The van der Waals surface area contributed by atoms with E-state index in [1.807, 2.05) is 0 Å². The number of rotatable bonds is 3. The van der Waals surface area contributed by atoms with Gasteiger partial charge in [-0.3, -0.25) is 4.79 Å². The molecule has 4 nitrogen and oxygen atoms in total. The Kier molecular flexibility index (Phi) is 1.45. The maximum Gasteiger partial charge on any atom is 0.290 e. The predicted molar refractivity (Wildman–Crippen MR) is 36.1 cm³/mol. The fourth-order valence-corrected chi connectivity index (χ4v) is 0.978. The van der Waals surface area contributed by atoms with Crippen molar-refractivity contribution in [2.24, 2.45) is 5.92 Å². The van der Waals surface area contributed by atoms with Gasteiger partial charge in [-0.25, -0.2) is 0 Å². The van der Waals surface area contributed by atoms with Crippen LogP contribution in [-0.4, -0.2) is 16.4 Å². The van der Waals surface area contributed by atoms with Crippen molar-refractivity contribution >= 4 is 6.29 Å². The molecule has 11 heavy (non-hydrogen) atoms. The highest BCUT2D eigenvalue weighted by Crippen LogP contribution is 2.31. The van der Waals surface area contributed by atoms with Crippen LogP contribution >= 0.6 is 0 Å². The van der Waals surface area contributed by atoms with Crippen LogP contribution in [0, 0.1) is 5.92 Å². The Morgan fingerprint density at radius 1 is 1.64 bits per heavy atom. The van der Waals surface area contributed by atoms with Gasteiger partial charge in [0.1, 0.15) is 0 Å². The third-order valence-corrected chi connectivity index (χ3v) is 1.75. The lowest BCUT2D eigenvalue weighted by molar-refractivity contribution is 0.108. The van der Waals surface area contributed by atoms with Gasteiger partial charge in [0.2, 0.25) is 6.29 Å². The van der Waals surface area contributed by atoms with E-state index in [9.17, 15) is 4.79 Å². The first-order valence-electron chi connectivity index (χ1n) is 3.66. The Morgan fingerprint density at radius 3 is 3.00 bits per heavy atom. The van der Waals surface area contributed by atoms with Crippen LogP contribution in [-0.2, 0) is 6.42 Å². The van der Waals surface area contributed by atoms with Crippen LogP contribution in [0.4, 0.5) is 0 Å². The van der Waals surface area contributed by atoms with Gasteiger partial charge in [-0.2, -0.15) is 4.98 Å². The number of carbonyl (C=O) groups excluding carboxylic acids is 1. The molecule has 2 rings (SSSR count). The van der Waals surface area contributed by atoms with Gasteiger partial charge in [0.15, 0.2) is 5.82 Å². The number of hydrogen-bond donors (Lipinski definition) is 0. The van der Waals surface area contributed by atoms with Gasteiger partial charge in [0.25, 0.3) is 5.89 Å². The molecule has 0 unspecified atom stereocenters. The van der Waals surface area contributed by atoms with Gasteiger partial charge < -0.3 is 4.52 Å². The number of aromatic nitrogens is 2. The summed E-state index contributed by atoms with van der Waals surface area (Å²) in [6.07, 6.45) is 3.94. The smallest absolute Gasteiger partial charge is 0.290 e. The van der Waals surface area contributed by atoms with Crippen molar-refractivity contribution in [1.29, 1.82) is 0 Å². The van der Waals surface area contributed by atoms with Crippen molar-refractivity contribution in [2.45, 2.75) is 19.3 Å². The van der Waals surface area contributed by atoms with Crippen molar-refractivity contribution in [2.75, 3.05) is 0 Å². The summed E-state index contributed by atoms with van der Waals surface area (Å²) in [6, 6.07) is 0. The monoisotopic (exact) mass is 152 g/mol. The second kappa shape index (κ2) is 2.45. The topological polar surface area (TPSA) is 56.0 Å². The lowest BCUT2D eigenvalue weighted by atomic mass is 10.3. The highest BCUT2D eigenvalue weighted by molar-refractivity contribution is 5.66. The minimum Gasteiger partial charge on any atom is -0.331 e. The van der Waals surface area contributed by atoms with Crippen LogP contribution in [0.15, 0.2) is 4.52 Å². The van der Waals surface area contributed by atoms with Gasteiger partial charge in [-0.1, -0.05) is 5.16 Å². The third-order valence-electron chi connectivity index (χ3n) is 1.75. The minimum atomic E-state index is 0.0839. The number of carbonyl (C=O) groups is 1. The van der Waals surface area contributed by atoms with Crippen LogP contribution in [0.1, 0.15) is 29.4 Å². The molecule has 0 amide bonds. The molecule has 1 aliphatic carbocycles. The SMILES string of the molecule is O=Cc1nc(CC2CC2)no1. The zero-order valence-electron chi connectivity index (χ0n) is 5.99. The molecule has 0 radical (unpaired) electrons. The summed E-state index contributed by atoms with van der Waals surface area (Å²) in [5, 5.41) is 3.65. The maximum absolute atomic E-state index is 10.1. The number of aldehydes is 1. The first-order valence-corrected chi connectivity index (χ1v) is 3.66. The van der Waals surface area contributed by atoms with Gasteiger partial charge in [-0.15, -0.1) is 0 Å². The predicted octanol–water partition coefficient (Wildman–Crippen LogP) is 0.835. The van der Waals surface area contributed by atoms with Gasteiger partial charge in [-0.05, 0) is 18.8 Å². The van der Waals surface area contributed by atoms with Gasteiger partial charge in [0, 0.05) is 6.42 Å². The van der Waals surface area contributed by atoms with Crippen LogP contribution in [0.5, 0.6) is 0 Å². The zero-order chi connectivity index (χ0) is 7.68. The lowest BCUT2D eigenvalue weighted by Crippen LogP contribution is -1.89. The zero-order valence-corrected chi connectivity index (χ0v) is 5.99. The summed E-state index contributed by atoms with van der Waals surface area (Å²) in [5.41, 5.74) is 0. The van der Waals surface area contributed by atoms with Crippen LogP contribution in [0.2, 0.25) is 0 Å². The maximum atomic E-state index is 10.1. The summed E-state index contributed by atoms with van der Waals surface area (Å²) in [6.45, 7) is 0. The first-order chi connectivity index (χ1) is 5.38. The molecule has 1 aliphatic rings. The highest BCUT2D eigenvalue weighted by atomic mass is 16.5. The van der Waals surface area contributed by atoms with Crippen molar-refractivity contribution < 1.29 is 9.32 Å². The summed E-state index contributed by atoms with van der Waals surface area (Å²) in [4.78, 5) is 14.0. The van der Waals surface area contributed by atoms with Crippen LogP contribution < -0.4 is 0 Å². The van der Waals surface area contributed by atoms with Crippen molar-refractivity contribution in [3.05, 3.63) is 11.7 Å². The Hall–Kier alpha value is -1.19. The molecule has 1 fully saturated rings. The number of hydrogen-bond acceptors (Lipinski definition) is 4. The Bertz CT molecular complexity index is 265. The van der Waals surface area contributed by atoms with E-state index in [-0.39, 0.29) is 5.89 Å². The second-order valence-corrected chi connectivity index (χ2v) is 2.81. The molecule has 1 aromatic heterocycles.